The molecule has 0 aromatic carbocycles. The number of hydrogen-bond donors (Lipinski definition) is 0. The molecule has 1 atom stereocenters. The van der Waals surface area contributed by atoms with Crippen LogP contribution in [0.2, 0.25) is 0 Å². The van der Waals surface area contributed by atoms with Gasteiger partial charge in [-0.05, 0) is 12.8 Å². The maximum absolute atomic E-state index is 5.21. The van der Waals surface area contributed by atoms with Gasteiger partial charge in [0.1, 0.15) is 0 Å². The van der Waals surface area contributed by atoms with Crippen molar-refractivity contribution in [3.8, 4) is 0 Å². The Bertz CT molecular complexity index is 177. The predicted octanol–water partition coefficient (Wildman–Crippen LogP) is 2.46. The molecule has 1 rings (SSSR count). The summed E-state index contributed by atoms with van der Waals surface area (Å²) in [5.74, 6) is 0. The van der Waals surface area contributed by atoms with Crippen LogP contribution in [-0.2, 0) is 4.74 Å². The van der Waals surface area contributed by atoms with E-state index in [1.807, 2.05) is 6.08 Å². The largest absolute Gasteiger partial charge is 0.377 e. The van der Waals surface area contributed by atoms with Crippen molar-refractivity contribution in [3.05, 3.63) is 36.5 Å². The van der Waals surface area contributed by atoms with Gasteiger partial charge >= 0.3 is 0 Å². The molecule has 0 fully saturated rings. The van der Waals surface area contributed by atoms with Gasteiger partial charge in [-0.15, -0.1) is 0 Å². The second-order valence-electron chi connectivity index (χ2n) is 2.53. The normalized spacial score (nSPS) is 33.0. The maximum atomic E-state index is 5.21. The van der Waals surface area contributed by atoms with Crippen LogP contribution in [0.15, 0.2) is 36.5 Å². The van der Waals surface area contributed by atoms with Crippen LogP contribution in [0, 0.1) is 0 Å². The van der Waals surface area contributed by atoms with Crippen molar-refractivity contribution >= 4 is 0 Å². The highest BCUT2D eigenvalue weighted by Crippen LogP contribution is 2.03. The Morgan fingerprint density at radius 1 is 1.18 bits per heavy atom. The standard InChI is InChI=1S/C10H14O/c1-11-10-8-6-4-2-3-5-7-9-10/h2,4-8,10H,3,9H2,1H3/b4-2-,7-5-,8-6-. The zero-order chi connectivity index (χ0) is 7.94. The molecule has 1 unspecified atom stereocenters. The minimum absolute atomic E-state index is 0.244. The highest BCUT2D eigenvalue weighted by molar-refractivity contribution is 5.10. The molecule has 0 saturated carbocycles. The van der Waals surface area contributed by atoms with Gasteiger partial charge in [-0.1, -0.05) is 36.5 Å². The molecule has 0 amide bonds. The van der Waals surface area contributed by atoms with Crippen LogP contribution < -0.4 is 0 Å². The molecule has 1 nitrogen and oxygen atoms in total. The Hall–Kier alpha value is -0.820. The summed E-state index contributed by atoms with van der Waals surface area (Å²) in [6, 6.07) is 0. The van der Waals surface area contributed by atoms with Crippen LogP contribution in [0.1, 0.15) is 12.8 Å². The lowest BCUT2D eigenvalue weighted by molar-refractivity contribution is 0.143. The Morgan fingerprint density at radius 2 is 2.09 bits per heavy atom. The molecule has 0 spiro atoms. The number of rotatable bonds is 1. The summed E-state index contributed by atoms with van der Waals surface area (Å²) in [7, 11) is 1.74. The summed E-state index contributed by atoms with van der Waals surface area (Å²) in [5, 5.41) is 0. The predicted molar refractivity (Wildman–Crippen MR) is 47.5 cm³/mol. The van der Waals surface area contributed by atoms with Crippen LogP contribution in [0.4, 0.5) is 0 Å². The van der Waals surface area contributed by atoms with Gasteiger partial charge in [0.2, 0.25) is 0 Å². The van der Waals surface area contributed by atoms with Crippen LogP contribution in [0.3, 0.4) is 0 Å². The first-order valence-electron chi connectivity index (χ1n) is 3.94. The highest BCUT2D eigenvalue weighted by atomic mass is 16.5. The first kappa shape index (κ1) is 8.28. The summed E-state index contributed by atoms with van der Waals surface area (Å²) in [4.78, 5) is 0. The lowest BCUT2D eigenvalue weighted by atomic mass is 10.2. The second kappa shape index (κ2) is 4.91. The molecule has 0 heterocycles. The van der Waals surface area contributed by atoms with E-state index in [9.17, 15) is 0 Å². The van der Waals surface area contributed by atoms with Gasteiger partial charge in [0.15, 0.2) is 0 Å². The van der Waals surface area contributed by atoms with E-state index in [2.05, 4.69) is 30.4 Å². The van der Waals surface area contributed by atoms with Gasteiger partial charge < -0.3 is 4.74 Å². The third kappa shape index (κ3) is 3.19. The topological polar surface area (TPSA) is 9.23 Å². The zero-order valence-electron chi connectivity index (χ0n) is 6.86. The fourth-order valence-corrected chi connectivity index (χ4v) is 1.00. The molecule has 1 aliphatic carbocycles. The summed E-state index contributed by atoms with van der Waals surface area (Å²) in [6.45, 7) is 0. The first-order chi connectivity index (χ1) is 5.43. The molecule has 0 aromatic heterocycles. The summed E-state index contributed by atoms with van der Waals surface area (Å²) >= 11 is 0. The second-order valence-corrected chi connectivity index (χ2v) is 2.53. The van der Waals surface area contributed by atoms with E-state index in [1.165, 1.54) is 0 Å². The fourth-order valence-electron chi connectivity index (χ4n) is 1.00. The van der Waals surface area contributed by atoms with Crippen LogP contribution in [0.5, 0.6) is 0 Å². The molecule has 1 aliphatic rings. The first-order valence-corrected chi connectivity index (χ1v) is 3.94. The van der Waals surface area contributed by atoms with Crippen LogP contribution in [-0.4, -0.2) is 13.2 Å². The molecule has 0 radical (unpaired) electrons. The molecule has 0 aromatic rings. The van der Waals surface area contributed by atoms with Crippen molar-refractivity contribution in [1.82, 2.24) is 0 Å². The van der Waals surface area contributed by atoms with Gasteiger partial charge in [-0.2, -0.15) is 0 Å². The third-order valence-corrected chi connectivity index (χ3v) is 1.68. The Labute approximate surface area is 68.1 Å². The van der Waals surface area contributed by atoms with E-state index in [1.54, 1.807) is 7.11 Å². The van der Waals surface area contributed by atoms with Gasteiger partial charge in [0, 0.05) is 7.11 Å². The van der Waals surface area contributed by atoms with E-state index >= 15 is 0 Å². The number of allylic oxidation sites excluding steroid dienone is 4. The lowest BCUT2D eigenvalue weighted by Crippen LogP contribution is -2.04. The van der Waals surface area contributed by atoms with Crippen LogP contribution >= 0.6 is 0 Å². The summed E-state index contributed by atoms with van der Waals surface area (Å²) in [6.07, 6.45) is 14.9. The minimum Gasteiger partial charge on any atom is -0.377 e. The molecule has 11 heavy (non-hydrogen) atoms. The van der Waals surface area contributed by atoms with E-state index in [0.29, 0.717) is 0 Å². The maximum Gasteiger partial charge on any atom is 0.0789 e. The zero-order valence-corrected chi connectivity index (χ0v) is 6.86. The molecule has 60 valence electrons. The molecule has 0 N–H and O–H groups in total. The Kier molecular flexibility index (Phi) is 3.70. The lowest BCUT2D eigenvalue weighted by Gasteiger charge is -2.05. The number of ether oxygens (including phenoxy) is 1. The SMILES string of the molecule is COC1/C=C\C=C/C/C=C\C1. The molecule has 0 bridgehead atoms. The van der Waals surface area contributed by atoms with E-state index in [4.69, 9.17) is 4.74 Å². The smallest absolute Gasteiger partial charge is 0.0789 e. The number of methoxy groups -OCH3 is 1. The van der Waals surface area contributed by atoms with Crippen molar-refractivity contribution in [3.63, 3.8) is 0 Å². The van der Waals surface area contributed by atoms with E-state index in [0.717, 1.165) is 12.8 Å². The Morgan fingerprint density at radius 3 is 2.91 bits per heavy atom. The van der Waals surface area contributed by atoms with Crippen molar-refractivity contribution in [2.24, 2.45) is 0 Å². The van der Waals surface area contributed by atoms with E-state index in [-0.39, 0.29) is 6.10 Å². The minimum atomic E-state index is 0.244. The van der Waals surface area contributed by atoms with Crippen molar-refractivity contribution < 1.29 is 4.74 Å². The third-order valence-electron chi connectivity index (χ3n) is 1.68. The van der Waals surface area contributed by atoms with Crippen molar-refractivity contribution in [2.75, 3.05) is 7.11 Å². The van der Waals surface area contributed by atoms with Gasteiger partial charge in [-0.3, -0.25) is 0 Å². The number of hydrogen-bond acceptors (Lipinski definition) is 1. The highest BCUT2D eigenvalue weighted by Gasteiger charge is 1.97. The summed E-state index contributed by atoms with van der Waals surface area (Å²) < 4.78 is 5.21. The van der Waals surface area contributed by atoms with Crippen molar-refractivity contribution in [2.45, 2.75) is 18.9 Å². The molecular weight excluding hydrogens is 136 g/mol. The van der Waals surface area contributed by atoms with Crippen molar-refractivity contribution in [1.29, 1.82) is 0 Å². The average molecular weight is 150 g/mol. The molecule has 1 heteroatoms. The average Bonchev–Trinajstić information content (AvgIpc) is 2.16. The molecule has 0 saturated heterocycles. The quantitative estimate of drug-likeness (QED) is 0.522. The fraction of sp³-hybridized carbons (Fsp3) is 0.400. The van der Waals surface area contributed by atoms with Crippen LogP contribution in [0.25, 0.3) is 0 Å². The Balaban J connectivity index is 2.54. The van der Waals surface area contributed by atoms with Gasteiger partial charge in [0.25, 0.3) is 0 Å². The molecule has 0 aliphatic heterocycles. The monoisotopic (exact) mass is 150 g/mol. The van der Waals surface area contributed by atoms with Gasteiger partial charge in [-0.25, -0.2) is 0 Å². The van der Waals surface area contributed by atoms with E-state index < -0.39 is 0 Å². The summed E-state index contributed by atoms with van der Waals surface area (Å²) in [5.41, 5.74) is 0. The molecular formula is C10H14O. The van der Waals surface area contributed by atoms with Gasteiger partial charge in [0.05, 0.1) is 6.10 Å².